The molecule has 2 heterocycles. The topological polar surface area (TPSA) is 50.2 Å². The Hall–Kier alpha value is -1.62. The molecule has 1 N–H and O–H groups in total. The van der Waals surface area contributed by atoms with E-state index in [4.69, 9.17) is 0 Å². The van der Waals surface area contributed by atoms with Crippen molar-refractivity contribution in [2.45, 2.75) is 70.9 Å². The quantitative estimate of drug-likeness (QED) is 0.806. The fourth-order valence-electron chi connectivity index (χ4n) is 4.66. The number of nitrogens with one attached hydrogen (secondary N) is 1. The highest BCUT2D eigenvalue weighted by atomic mass is 16.1. The molecule has 1 saturated carbocycles. The standard InChI is InChI=1S/C20H32N4O/c1-4-12-24-17(3)18(16(2)22-24)19(25)21-15-20(10-6-7-11-20)23-13-8-5-9-14-23/h4H,1,5-15H2,2-3H3,(H,21,25). The molecule has 0 spiro atoms. The van der Waals surface area contributed by atoms with Gasteiger partial charge >= 0.3 is 0 Å². The lowest BCUT2D eigenvalue weighted by atomic mass is 9.92. The van der Waals surface area contributed by atoms with Gasteiger partial charge in [-0.3, -0.25) is 14.4 Å². The van der Waals surface area contributed by atoms with Crippen LogP contribution in [0.4, 0.5) is 0 Å². The number of piperidine rings is 1. The third-order valence-corrected chi connectivity index (χ3v) is 6.05. The van der Waals surface area contributed by atoms with E-state index in [1.165, 1.54) is 58.0 Å². The van der Waals surface area contributed by atoms with Gasteiger partial charge in [0.05, 0.1) is 17.8 Å². The van der Waals surface area contributed by atoms with Crippen LogP contribution in [0.3, 0.4) is 0 Å². The van der Waals surface area contributed by atoms with Gasteiger partial charge in [0.2, 0.25) is 0 Å². The Labute approximate surface area is 151 Å². The fraction of sp³-hybridized carbons (Fsp3) is 0.700. The van der Waals surface area contributed by atoms with Crippen molar-refractivity contribution in [1.82, 2.24) is 20.0 Å². The van der Waals surface area contributed by atoms with Gasteiger partial charge in [0.25, 0.3) is 5.91 Å². The van der Waals surface area contributed by atoms with Gasteiger partial charge in [-0.15, -0.1) is 6.58 Å². The van der Waals surface area contributed by atoms with E-state index in [0.717, 1.165) is 23.5 Å². The maximum absolute atomic E-state index is 12.9. The van der Waals surface area contributed by atoms with Crippen molar-refractivity contribution < 1.29 is 4.79 Å². The zero-order valence-electron chi connectivity index (χ0n) is 15.8. The van der Waals surface area contributed by atoms with Crippen molar-refractivity contribution in [1.29, 1.82) is 0 Å². The number of hydrogen-bond acceptors (Lipinski definition) is 3. The summed E-state index contributed by atoms with van der Waals surface area (Å²) in [6.45, 7) is 11.4. The van der Waals surface area contributed by atoms with E-state index in [1.54, 1.807) is 0 Å². The van der Waals surface area contributed by atoms with E-state index in [9.17, 15) is 4.79 Å². The summed E-state index contributed by atoms with van der Waals surface area (Å²) in [6, 6.07) is 0. The SMILES string of the molecule is C=CCn1nc(C)c(C(=O)NCC2(N3CCCCC3)CCCC2)c1C. The molecule has 1 amide bonds. The first-order valence-electron chi connectivity index (χ1n) is 9.75. The molecule has 2 aliphatic rings. The van der Waals surface area contributed by atoms with E-state index in [2.05, 4.69) is 21.9 Å². The number of aromatic nitrogens is 2. The van der Waals surface area contributed by atoms with Gasteiger partial charge in [-0.1, -0.05) is 25.3 Å². The number of amides is 1. The molecule has 0 atom stereocenters. The van der Waals surface area contributed by atoms with Gasteiger partial charge < -0.3 is 5.32 Å². The number of likely N-dealkylation sites (tertiary alicyclic amines) is 1. The van der Waals surface area contributed by atoms with Crippen LogP contribution in [0.2, 0.25) is 0 Å². The largest absolute Gasteiger partial charge is 0.350 e. The summed E-state index contributed by atoms with van der Waals surface area (Å²) in [4.78, 5) is 15.5. The Morgan fingerprint density at radius 3 is 2.52 bits per heavy atom. The summed E-state index contributed by atoms with van der Waals surface area (Å²) >= 11 is 0. The van der Waals surface area contributed by atoms with E-state index in [0.29, 0.717) is 6.54 Å². The van der Waals surface area contributed by atoms with Crippen LogP contribution in [-0.4, -0.2) is 45.8 Å². The Bertz CT molecular complexity index is 622. The number of carbonyl (C=O) groups excluding carboxylic acids is 1. The van der Waals surface area contributed by atoms with Gasteiger partial charge in [-0.05, 0) is 52.6 Å². The number of rotatable bonds is 6. The van der Waals surface area contributed by atoms with E-state index >= 15 is 0 Å². The molecule has 5 heteroatoms. The minimum Gasteiger partial charge on any atom is -0.350 e. The van der Waals surface area contributed by atoms with Crippen molar-refractivity contribution in [2.24, 2.45) is 0 Å². The summed E-state index contributed by atoms with van der Waals surface area (Å²) in [5.41, 5.74) is 2.63. The lowest BCUT2D eigenvalue weighted by Gasteiger charge is -2.43. The number of nitrogens with zero attached hydrogens (tertiary/aromatic N) is 3. The first-order chi connectivity index (χ1) is 12.1. The predicted octanol–water partition coefficient (Wildman–Crippen LogP) is 3.21. The third-order valence-electron chi connectivity index (χ3n) is 6.05. The summed E-state index contributed by atoms with van der Waals surface area (Å²) in [7, 11) is 0. The van der Waals surface area contributed by atoms with Crippen LogP contribution in [0.15, 0.2) is 12.7 Å². The number of hydrogen-bond donors (Lipinski definition) is 1. The van der Waals surface area contributed by atoms with Gasteiger partial charge in [0.15, 0.2) is 0 Å². The predicted molar refractivity (Wildman–Crippen MR) is 101 cm³/mol. The maximum Gasteiger partial charge on any atom is 0.255 e. The zero-order chi connectivity index (χ0) is 17.9. The highest BCUT2D eigenvalue weighted by Gasteiger charge is 2.40. The monoisotopic (exact) mass is 344 g/mol. The van der Waals surface area contributed by atoms with Crippen LogP contribution in [0, 0.1) is 13.8 Å². The van der Waals surface area contributed by atoms with Crippen molar-refractivity contribution in [3.05, 3.63) is 29.6 Å². The minimum absolute atomic E-state index is 0.0218. The molecule has 3 rings (SSSR count). The van der Waals surface area contributed by atoms with Crippen LogP contribution >= 0.6 is 0 Å². The molecule has 5 nitrogen and oxygen atoms in total. The second kappa shape index (κ2) is 7.73. The molecular formula is C20H32N4O. The minimum atomic E-state index is 0.0218. The normalized spacial score (nSPS) is 20.6. The first-order valence-corrected chi connectivity index (χ1v) is 9.75. The Kier molecular flexibility index (Phi) is 5.62. The molecule has 2 fully saturated rings. The Morgan fingerprint density at radius 1 is 1.20 bits per heavy atom. The molecule has 0 bridgehead atoms. The van der Waals surface area contributed by atoms with Crippen LogP contribution < -0.4 is 5.32 Å². The highest BCUT2D eigenvalue weighted by molar-refractivity contribution is 5.96. The molecule has 1 aromatic rings. The maximum atomic E-state index is 12.9. The number of allylic oxidation sites excluding steroid dienone is 1. The molecule has 25 heavy (non-hydrogen) atoms. The van der Waals surface area contributed by atoms with E-state index in [-0.39, 0.29) is 11.4 Å². The average molecular weight is 345 g/mol. The molecule has 138 valence electrons. The molecule has 1 aliphatic carbocycles. The van der Waals surface area contributed by atoms with Gasteiger partial charge in [0, 0.05) is 17.8 Å². The summed E-state index contributed by atoms with van der Waals surface area (Å²) in [6.07, 6.45) is 10.7. The molecular weight excluding hydrogens is 312 g/mol. The molecule has 1 aromatic heterocycles. The van der Waals surface area contributed by atoms with Crippen LogP contribution in [0.5, 0.6) is 0 Å². The number of carbonyl (C=O) groups is 1. The molecule has 0 aromatic carbocycles. The molecule has 1 saturated heterocycles. The van der Waals surface area contributed by atoms with Crippen LogP contribution in [0.1, 0.15) is 66.7 Å². The fourth-order valence-corrected chi connectivity index (χ4v) is 4.66. The lowest BCUT2D eigenvalue weighted by molar-refractivity contribution is 0.0642. The van der Waals surface area contributed by atoms with Crippen molar-refractivity contribution in [3.63, 3.8) is 0 Å². The lowest BCUT2D eigenvalue weighted by Crippen LogP contribution is -2.55. The van der Waals surface area contributed by atoms with Crippen molar-refractivity contribution >= 4 is 5.91 Å². The third kappa shape index (κ3) is 3.66. The molecule has 1 aliphatic heterocycles. The second-order valence-electron chi connectivity index (χ2n) is 7.68. The second-order valence-corrected chi connectivity index (χ2v) is 7.68. The van der Waals surface area contributed by atoms with Gasteiger partial charge in [-0.2, -0.15) is 5.10 Å². The Morgan fingerprint density at radius 2 is 1.88 bits per heavy atom. The molecule has 0 radical (unpaired) electrons. The summed E-state index contributed by atoms with van der Waals surface area (Å²) in [5, 5.41) is 7.74. The van der Waals surface area contributed by atoms with Crippen LogP contribution in [0.25, 0.3) is 0 Å². The average Bonchev–Trinajstić information content (AvgIpc) is 3.20. The highest BCUT2D eigenvalue weighted by Crippen LogP contribution is 2.36. The molecule has 0 unspecified atom stereocenters. The Balaban J connectivity index is 1.71. The number of aryl methyl sites for hydroxylation is 1. The smallest absolute Gasteiger partial charge is 0.255 e. The van der Waals surface area contributed by atoms with Gasteiger partial charge in [-0.25, -0.2) is 0 Å². The summed E-state index contributed by atoms with van der Waals surface area (Å²) < 4.78 is 1.85. The van der Waals surface area contributed by atoms with E-state index < -0.39 is 0 Å². The van der Waals surface area contributed by atoms with Crippen molar-refractivity contribution in [2.75, 3.05) is 19.6 Å². The van der Waals surface area contributed by atoms with Crippen molar-refractivity contribution in [3.8, 4) is 0 Å². The first kappa shape index (κ1) is 18.2. The summed E-state index contributed by atoms with van der Waals surface area (Å²) in [5.74, 6) is 0.0218. The van der Waals surface area contributed by atoms with Crippen LogP contribution in [-0.2, 0) is 6.54 Å². The van der Waals surface area contributed by atoms with Gasteiger partial charge in [0.1, 0.15) is 0 Å². The zero-order valence-corrected chi connectivity index (χ0v) is 15.8. The van der Waals surface area contributed by atoms with E-state index in [1.807, 2.05) is 24.6 Å².